The number of anilines is 2. The molecule has 240 valence electrons. The number of alkyl halides is 4. The van der Waals surface area contributed by atoms with E-state index in [1.807, 2.05) is 0 Å². The lowest BCUT2D eigenvalue weighted by Crippen LogP contribution is -2.52. The number of rotatable bonds is 6. The predicted molar refractivity (Wildman–Crippen MR) is 151 cm³/mol. The molecule has 3 aromatic heterocycles. The van der Waals surface area contributed by atoms with Crippen molar-refractivity contribution in [3.05, 3.63) is 35.9 Å². The predicted octanol–water partition coefficient (Wildman–Crippen LogP) is 4.36. The van der Waals surface area contributed by atoms with Crippen molar-refractivity contribution in [1.82, 2.24) is 29.7 Å². The number of halogens is 4. The maximum absolute atomic E-state index is 14.7. The third kappa shape index (κ3) is 7.22. The Kier molecular flexibility index (Phi) is 8.73. The summed E-state index contributed by atoms with van der Waals surface area (Å²) in [5.41, 5.74) is -2.46. The molecule has 16 heteroatoms. The van der Waals surface area contributed by atoms with E-state index < -0.39 is 47.4 Å². The molecular weight excluding hydrogens is 588 g/mol. The Morgan fingerprint density at radius 2 is 1.86 bits per heavy atom. The molecule has 2 amide bonds. The zero-order chi connectivity index (χ0) is 31.8. The summed E-state index contributed by atoms with van der Waals surface area (Å²) in [6.07, 6.45) is -0.366. The van der Waals surface area contributed by atoms with Gasteiger partial charge < -0.3 is 25.4 Å². The number of nitrogens with zero attached hydrogens (tertiary/aromatic N) is 6. The molecule has 3 aromatic rings. The smallest absolute Gasteiger partial charge is 0.437 e. The molecule has 2 aliphatic rings. The minimum atomic E-state index is -4.82. The number of alkyl carbamates (subject to hydrolysis) is 1. The van der Waals surface area contributed by atoms with Crippen LogP contribution in [-0.2, 0) is 10.9 Å². The van der Waals surface area contributed by atoms with Crippen molar-refractivity contribution in [3.63, 3.8) is 0 Å². The van der Waals surface area contributed by atoms with Crippen molar-refractivity contribution in [2.45, 2.75) is 82.9 Å². The average molecular weight is 625 g/mol. The molecule has 1 aliphatic heterocycles. The maximum Gasteiger partial charge on any atom is 0.437 e. The Hall–Kier alpha value is -3.95. The van der Waals surface area contributed by atoms with Crippen molar-refractivity contribution in [2.24, 2.45) is 5.92 Å². The number of carbonyl (C=O) groups excluding carboxylic acids is 2. The van der Waals surface area contributed by atoms with E-state index in [1.165, 1.54) is 27.8 Å². The van der Waals surface area contributed by atoms with Crippen molar-refractivity contribution < 1.29 is 37.0 Å². The highest BCUT2D eigenvalue weighted by atomic mass is 19.4. The molecule has 2 fully saturated rings. The molecule has 5 rings (SSSR count). The Bertz CT molecular complexity index is 1490. The summed E-state index contributed by atoms with van der Waals surface area (Å²) in [7, 11) is 0. The van der Waals surface area contributed by atoms with Crippen LogP contribution in [-0.4, -0.2) is 79.0 Å². The molecule has 0 bridgehead atoms. The largest absolute Gasteiger partial charge is 0.444 e. The fourth-order valence-corrected chi connectivity index (χ4v) is 5.66. The van der Waals surface area contributed by atoms with Gasteiger partial charge in [0.2, 0.25) is 0 Å². The van der Waals surface area contributed by atoms with E-state index in [1.54, 1.807) is 31.7 Å². The van der Waals surface area contributed by atoms with Crippen molar-refractivity contribution in [2.75, 3.05) is 29.9 Å². The number of fused-ring (bicyclic) bond motifs is 1. The average Bonchev–Trinajstić information content (AvgIpc) is 3.56. The topological polar surface area (TPSA) is 139 Å². The Balaban J connectivity index is 1.35. The number of piperidine rings is 1. The van der Waals surface area contributed by atoms with E-state index in [0.29, 0.717) is 31.5 Å². The molecule has 0 radical (unpaired) electrons. The summed E-state index contributed by atoms with van der Waals surface area (Å²) < 4.78 is 64.3. The first-order valence-corrected chi connectivity index (χ1v) is 14.5. The minimum Gasteiger partial charge on any atom is -0.444 e. The lowest BCUT2D eigenvalue weighted by molar-refractivity contribution is -0.141. The van der Waals surface area contributed by atoms with Crippen LogP contribution in [0.5, 0.6) is 0 Å². The van der Waals surface area contributed by atoms with E-state index in [0.717, 1.165) is 0 Å². The number of hydrogen-bond acceptors (Lipinski definition) is 8. The Morgan fingerprint density at radius 3 is 2.52 bits per heavy atom. The van der Waals surface area contributed by atoms with Gasteiger partial charge in [-0.3, -0.25) is 9.48 Å². The second-order valence-electron chi connectivity index (χ2n) is 12.4. The van der Waals surface area contributed by atoms with Crippen molar-refractivity contribution in [3.8, 4) is 0 Å². The Labute approximate surface area is 250 Å². The first-order chi connectivity index (χ1) is 20.7. The van der Waals surface area contributed by atoms with E-state index in [4.69, 9.17) is 4.74 Å². The van der Waals surface area contributed by atoms with Gasteiger partial charge in [0, 0.05) is 32.0 Å². The molecular formula is C28H36F4N8O4. The number of aliphatic hydroxyl groups excluding tert-OH is 1. The number of aromatic nitrogens is 5. The number of aliphatic hydroxyl groups is 1. The summed E-state index contributed by atoms with van der Waals surface area (Å²) in [5, 5.41) is 22.3. The molecule has 0 spiro atoms. The molecule has 1 aliphatic carbocycles. The van der Waals surface area contributed by atoms with E-state index in [9.17, 15) is 32.3 Å². The monoisotopic (exact) mass is 624 g/mol. The first-order valence-electron chi connectivity index (χ1n) is 14.5. The number of nitrogens with one attached hydrogen (secondary N) is 2. The second kappa shape index (κ2) is 12.2. The lowest BCUT2D eigenvalue weighted by Gasteiger charge is -2.36. The van der Waals surface area contributed by atoms with Gasteiger partial charge in [-0.05, 0) is 58.4 Å². The highest BCUT2D eigenvalue weighted by Gasteiger charge is 2.39. The van der Waals surface area contributed by atoms with Gasteiger partial charge >= 0.3 is 12.3 Å². The van der Waals surface area contributed by atoms with Gasteiger partial charge in [0.15, 0.2) is 11.3 Å². The fourth-order valence-electron chi connectivity index (χ4n) is 5.66. The number of amides is 2. The summed E-state index contributed by atoms with van der Waals surface area (Å²) in [6.45, 7) is 5.39. The van der Waals surface area contributed by atoms with Crippen LogP contribution in [0.25, 0.3) is 5.65 Å². The van der Waals surface area contributed by atoms with Crippen LogP contribution in [0, 0.1) is 5.92 Å². The molecule has 4 heterocycles. The third-order valence-corrected chi connectivity index (χ3v) is 7.74. The van der Waals surface area contributed by atoms with Gasteiger partial charge in [-0.1, -0.05) is 0 Å². The van der Waals surface area contributed by atoms with Gasteiger partial charge in [-0.15, -0.1) is 0 Å². The highest BCUT2D eigenvalue weighted by Crippen LogP contribution is 2.38. The second-order valence-corrected chi connectivity index (χ2v) is 12.4. The number of hydrogen-bond donors (Lipinski definition) is 3. The SMILES string of the molecule is CC(C)(C)OC(=O)N[C@@H]1C[C@@H](F)CN(c2ccn3ncc(C(=O)Nc4cn(C5CCC(CO)CC5)nc4C(F)(F)F)c3n2)C1. The standard InChI is InChI=1S/C28H36F4N8O4/c1-27(2,3)44-26(43)34-18-10-17(29)12-38(13-18)22-8-9-39-24(36-22)20(11-33-39)25(42)35-21-14-40(37-23(21)28(30,31)32)19-6-4-16(15-41)5-7-19/h8-9,11,14,16-19,41H,4-7,10,12-13,15H2,1-3H3,(H,34,43)(H,35,42)/t16?,17-,18-,19?/m1/s1. The molecule has 44 heavy (non-hydrogen) atoms. The van der Waals surface area contributed by atoms with E-state index >= 15 is 0 Å². The van der Waals surface area contributed by atoms with Crippen LogP contribution in [0.4, 0.5) is 33.9 Å². The molecule has 12 nitrogen and oxygen atoms in total. The van der Waals surface area contributed by atoms with Gasteiger partial charge in [0.1, 0.15) is 23.2 Å². The molecule has 3 N–H and O–H groups in total. The van der Waals surface area contributed by atoms with Crippen LogP contribution in [0.1, 0.15) is 75.0 Å². The zero-order valence-corrected chi connectivity index (χ0v) is 24.6. The quantitative estimate of drug-likeness (QED) is 0.344. The minimum absolute atomic E-state index is 0.0142. The van der Waals surface area contributed by atoms with Gasteiger partial charge in [-0.25, -0.2) is 18.7 Å². The van der Waals surface area contributed by atoms with Crippen molar-refractivity contribution in [1.29, 1.82) is 0 Å². The fraction of sp³-hybridized carbons (Fsp3) is 0.607. The summed E-state index contributed by atoms with van der Waals surface area (Å²) in [4.78, 5) is 31.6. The summed E-state index contributed by atoms with van der Waals surface area (Å²) in [5.74, 6) is -0.457. The molecule has 1 saturated carbocycles. The number of ether oxygens (including phenoxy) is 1. The zero-order valence-electron chi connectivity index (χ0n) is 24.6. The first kappa shape index (κ1) is 31.5. The normalized spacial score (nSPS) is 23.0. The van der Waals surface area contributed by atoms with E-state index in [-0.39, 0.29) is 49.3 Å². The highest BCUT2D eigenvalue weighted by molar-refractivity contribution is 6.08. The molecule has 0 unspecified atom stereocenters. The van der Waals surface area contributed by atoms with Crippen LogP contribution >= 0.6 is 0 Å². The number of carbonyl (C=O) groups is 2. The Morgan fingerprint density at radius 1 is 1.14 bits per heavy atom. The van der Waals surface area contributed by atoms with E-state index in [2.05, 4.69) is 25.8 Å². The van der Waals surface area contributed by atoms with Crippen LogP contribution in [0.15, 0.2) is 24.7 Å². The van der Waals surface area contributed by atoms with Crippen LogP contribution < -0.4 is 15.5 Å². The molecule has 2 atom stereocenters. The summed E-state index contributed by atoms with van der Waals surface area (Å²) in [6, 6.07) is 0.709. The summed E-state index contributed by atoms with van der Waals surface area (Å²) >= 11 is 0. The van der Waals surface area contributed by atoms with Crippen LogP contribution in [0.3, 0.4) is 0 Å². The van der Waals surface area contributed by atoms with Gasteiger partial charge in [0.05, 0.1) is 30.5 Å². The maximum atomic E-state index is 14.7. The molecule has 1 saturated heterocycles. The van der Waals surface area contributed by atoms with Crippen molar-refractivity contribution >= 4 is 29.2 Å². The third-order valence-electron chi connectivity index (χ3n) is 7.74. The van der Waals surface area contributed by atoms with Gasteiger partial charge in [0.25, 0.3) is 5.91 Å². The van der Waals surface area contributed by atoms with Gasteiger partial charge in [-0.2, -0.15) is 23.4 Å². The lowest BCUT2D eigenvalue weighted by atomic mass is 9.87. The van der Waals surface area contributed by atoms with Crippen LogP contribution in [0.2, 0.25) is 0 Å². The molecule has 0 aromatic carbocycles.